The smallest absolute Gasteiger partial charge is 0.180 e. The second-order valence-electron chi connectivity index (χ2n) is 4.03. The van der Waals surface area contributed by atoms with E-state index >= 15 is 0 Å². The van der Waals surface area contributed by atoms with Gasteiger partial charge >= 0.3 is 0 Å². The van der Waals surface area contributed by atoms with Crippen LogP contribution < -0.4 is 0 Å². The highest BCUT2D eigenvalue weighted by molar-refractivity contribution is 4.72. The number of rotatable bonds is 5. The summed E-state index contributed by atoms with van der Waals surface area (Å²) in [5.74, 6) is 0.679. The molecule has 0 aliphatic heterocycles. The summed E-state index contributed by atoms with van der Waals surface area (Å²) < 4.78 is 15.9. The lowest BCUT2D eigenvalue weighted by Gasteiger charge is -2.29. The van der Waals surface area contributed by atoms with Gasteiger partial charge in [0.2, 0.25) is 0 Å². The molecule has 0 N–H and O–H groups in total. The first-order valence-electron chi connectivity index (χ1n) is 5.45. The average Bonchev–Trinajstić information content (AvgIpc) is 2.22. The lowest BCUT2D eigenvalue weighted by Crippen LogP contribution is -2.30. The van der Waals surface area contributed by atoms with Crippen LogP contribution in [0.3, 0.4) is 0 Å². The molecule has 0 amide bonds. The van der Waals surface area contributed by atoms with E-state index in [-0.39, 0.29) is 6.29 Å². The van der Waals surface area contributed by atoms with E-state index in [2.05, 4.69) is 6.92 Å². The van der Waals surface area contributed by atoms with E-state index in [1.54, 1.807) is 14.2 Å². The van der Waals surface area contributed by atoms with Crippen molar-refractivity contribution in [1.82, 2.24) is 0 Å². The summed E-state index contributed by atoms with van der Waals surface area (Å²) in [6.07, 6.45) is 5.29. The Hall–Kier alpha value is -0.120. The molecule has 0 bridgehead atoms. The van der Waals surface area contributed by atoms with Crippen LogP contribution in [0, 0.1) is 5.92 Å². The fourth-order valence-corrected chi connectivity index (χ4v) is 1.96. The molecule has 0 aromatic rings. The minimum Gasteiger partial charge on any atom is -0.373 e. The molecule has 1 rings (SSSR count). The first-order valence-corrected chi connectivity index (χ1v) is 5.45. The molecule has 3 heteroatoms. The molecule has 84 valence electrons. The van der Waals surface area contributed by atoms with Crippen LogP contribution in [0.5, 0.6) is 0 Å². The van der Waals surface area contributed by atoms with Crippen LogP contribution in [0.1, 0.15) is 32.6 Å². The molecule has 1 aliphatic rings. The summed E-state index contributed by atoms with van der Waals surface area (Å²) in [7, 11) is 3.28. The molecule has 14 heavy (non-hydrogen) atoms. The summed E-state index contributed by atoms with van der Waals surface area (Å²) in [5, 5.41) is 0. The van der Waals surface area contributed by atoms with Crippen LogP contribution in [-0.4, -0.2) is 33.2 Å². The van der Waals surface area contributed by atoms with E-state index in [1.165, 1.54) is 25.7 Å². The number of hydrogen-bond acceptors (Lipinski definition) is 3. The summed E-state index contributed by atoms with van der Waals surface area (Å²) >= 11 is 0. The van der Waals surface area contributed by atoms with E-state index in [1.807, 2.05) is 0 Å². The summed E-state index contributed by atoms with van der Waals surface area (Å²) in [6, 6.07) is 0. The Labute approximate surface area is 86.7 Å². The fourth-order valence-electron chi connectivity index (χ4n) is 1.96. The third kappa shape index (κ3) is 3.56. The molecule has 1 fully saturated rings. The van der Waals surface area contributed by atoms with Crippen LogP contribution in [0.2, 0.25) is 0 Å². The Morgan fingerprint density at radius 1 is 1.14 bits per heavy atom. The van der Waals surface area contributed by atoms with Crippen molar-refractivity contribution >= 4 is 0 Å². The molecule has 2 atom stereocenters. The minimum atomic E-state index is -0.218. The highest BCUT2D eigenvalue weighted by Gasteiger charge is 2.22. The number of ether oxygens (including phenoxy) is 3. The van der Waals surface area contributed by atoms with Gasteiger partial charge in [0.1, 0.15) is 0 Å². The maximum atomic E-state index is 5.79. The monoisotopic (exact) mass is 202 g/mol. The molecule has 1 aliphatic carbocycles. The summed E-state index contributed by atoms with van der Waals surface area (Å²) in [5.41, 5.74) is 0. The number of methoxy groups -OCH3 is 2. The van der Waals surface area contributed by atoms with Crippen molar-refractivity contribution in [3.8, 4) is 0 Å². The maximum Gasteiger partial charge on any atom is 0.180 e. The zero-order valence-electron chi connectivity index (χ0n) is 9.49. The van der Waals surface area contributed by atoms with Crippen LogP contribution in [0.4, 0.5) is 0 Å². The first-order chi connectivity index (χ1) is 6.77. The molecule has 0 heterocycles. The Balaban J connectivity index is 2.21. The largest absolute Gasteiger partial charge is 0.373 e. The van der Waals surface area contributed by atoms with Gasteiger partial charge in [0.05, 0.1) is 12.7 Å². The van der Waals surface area contributed by atoms with E-state index in [4.69, 9.17) is 14.2 Å². The summed E-state index contributed by atoms with van der Waals surface area (Å²) in [6.45, 7) is 2.81. The predicted molar refractivity (Wildman–Crippen MR) is 55.2 cm³/mol. The highest BCUT2D eigenvalue weighted by Crippen LogP contribution is 2.26. The van der Waals surface area contributed by atoms with Crippen molar-refractivity contribution in [2.45, 2.75) is 45.0 Å². The highest BCUT2D eigenvalue weighted by atomic mass is 16.7. The van der Waals surface area contributed by atoms with E-state index in [0.29, 0.717) is 18.6 Å². The Morgan fingerprint density at radius 3 is 2.36 bits per heavy atom. The second-order valence-corrected chi connectivity index (χ2v) is 4.03. The van der Waals surface area contributed by atoms with Gasteiger partial charge in [0, 0.05) is 14.2 Å². The second kappa shape index (κ2) is 6.38. The van der Waals surface area contributed by atoms with Gasteiger partial charge in [-0.2, -0.15) is 0 Å². The van der Waals surface area contributed by atoms with Crippen LogP contribution in [-0.2, 0) is 14.2 Å². The Kier molecular flexibility index (Phi) is 5.45. The van der Waals surface area contributed by atoms with Crippen LogP contribution >= 0.6 is 0 Å². The van der Waals surface area contributed by atoms with E-state index in [9.17, 15) is 0 Å². The van der Waals surface area contributed by atoms with E-state index < -0.39 is 0 Å². The zero-order valence-corrected chi connectivity index (χ0v) is 9.49. The molecule has 3 nitrogen and oxygen atoms in total. The van der Waals surface area contributed by atoms with Crippen LogP contribution in [0.25, 0.3) is 0 Å². The van der Waals surface area contributed by atoms with Gasteiger partial charge in [-0.1, -0.05) is 19.8 Å². The predicted octanol–water partition coefficient (Wildman–Crippen LogP) is 2.20. The van der Waals surface area contributed by atoms with Crippen molar-refractivity contribution < 1.29 is 14.2 Å². The van der Waals surface area contributed by atoms with Crippen molar-refractivity contribution in [3.63, 3.8) is 0 Å². The zero-order chi connectivity index (χ0) is 10.4. The van der Waals surface area contributed by atoms with Crippen LogP contribution in [0.15, 0.2) is 0 Å². The van der Waals surface area contributed by atoms with Gasteiger partial charge in [0.15, 0.2) is 6.29 Å². The molecular weight excluding hydrogens is 180 g/mol. The minimum absolute atomic E-state index is 0.218. The molecule has 0 aromatic heterocycles. The maximum absolute atomic E-state index is 5.79. The van der Waals surface area contributed by atoms with Crippen molar-refractivity contribution in [2.24, 2.45) is 5.92 Å². The van der Waals surface area contributed by atoms with Gasteiger partial charge in [-0.25, -0.2) is 0 Å². The lowest BCUT2D eigenvalue weighted by molar-refractivity contribution is -0.159. The third-order valence-corrected chi connectivity index (χ3v) is 3.00. The first kappa shape index (κ1) is 12.0. The topological polar surface area (TPSA) is 27.7 Å². The molecule has 2 unspecified atom stereocenters. The third-order valence-electron chi connectivity index (χ3n) is 3.00. The van der Waals surface area contributed by atoms with Gasteiger partial charge in [0.25, 0.3) is 0 Å². The van der Waals surface area contributed by atoms with E-state index in [0.717, 1.165) is 0 Å². The number of hydrogen-bond donors (Lipinski definition) is 0. The normalized spacial score (nSPS) is 28.3. The molecule has 1 saturated carbocycles. The lowest BCUT2D eigenvalue weighted by atomic mass is 9.88. The SMILES string of the molecule is COC(COC1CCCCC1C)OC. The molecule has 0 saturated heterocycles. The Bertz CT molecular complexity index is 145. The quantitative estimate of drug-likeness (QED) is 0.640. The van der Waals surface area contributed by atoms with Gasteiger partial charge in [-0.15, -0.1) is 0 Å². The Morgan fingerprint density at radius 2 is 1.79 bits per heavy atom. The molecule has 0 aromatic carbocycles. The van der Waals surface area contributed by atoms with Gasteiger partial charge in [-0.3, -0.25) is 0 Å². The average molecular weight is 202 g/mol. The fraction of sp³-hybridized carbons (Fsp3) is 1.00. The summed E-state index contributed by atoms with van der Waals surface area (Å²) in [4.78, 5) is 0. The standard InChI is InChI=1S/C11H22O3/c1-9-6-4-5-7-10(9)14-8-11(12-2)13-3/h9-11H,4-8H2,1-3H3. The molecule has 0 spiro atoms. The molecular formula is C11H22O3. The van der Waals surface area contributed by atoms with Crippen molar-refractivity contribution in [2.75, 3.05) is 20.8 Å². The van der Waals surface area contributed by atoms with Gasteiger partial charge in [-0.05, 0) is 18.8 Å². The molecule has 0 radical (unpaired) electrons. The van der Waals surface area contributed by atoms with Gasteiger partial charge < -0.3 is 14.2 Å². The van der Waals surface area contributed by atoms with Crippen molar-refractivity contribution in [3.05, 3.63) is 0 Å². The van der Waals surface area contributed by atoms with Crippen molar-refractivity contribution in [1.29, 1.82) is 0 Å².